The Morgan fingerprint density at radius 2 is 1.89 bits per heavy atom. The van der Waals surface area contributed by atoms with Crippen LogP contribution in [-0.2, 0) is 0 Å². The van der Waals surface area contributed by atoms with Crippen LogP contribution in [0.5, 0.6) is 5.75 Å². The summed E-state index contributed by atoms with van der Waals surface area (Å²) in [7, 11) is 0. The summed E-state index contributed by atoms with van der Waals surface area (Å²) in [6.45, 7) is 11.1. The molecule has 0 saturated carbocycles. The van der Waals surface area contributed by atoms with Gasteiger partial charge in [0, 0.05) is 17.3 Å². The molecule has 5 nitrogen and oxygen atoms in total. The van der Waals surface area contributed by atoms with Crippen molar-refractivity contribution < 1.29 is 4.74 Å². The fourth-order valence-electron chi connectivity index (χ4n) is 3.43. The lowest BCUT2D eigenvalue weighted by atomic mass is 10.00. The van der Waals surface area contributed by atoms with Crippen LogP contribution in [0.4, 0.5) is 0 Å². The SMILES string of the molecule is Cc1cc(-c2ccc(OCC(C)CC(C)C)c(C#N)c2)n2nc(C)cc2n1. The first-order chi connectivity index (χ1) is 12.9. The fourth-order valence-corrected chi connectivity index (χ4v) is 3.43. The molecule has 0 aliphatic heterocycles. The van der Waals surface area contributed by atoms with Crippen LogP contribution < -0.4 is 4.74 Å². The van der Waals surface area contributed by atoms with Crippen LogP contribution in [0, 0.1) is 37.0 Å². The van der Waals surface area contributed by atoms with Crippen LogP contribution in [0.1, 0.15) is 44.1 Å². The molecule has 2 aromatic heterocycles. The summed E-state index contributed by atoms with van der Waals surface area (Å²) in [5.74, 6) is 1.72. The molecule has 1 aromatic carbocycles. The summed E-state index contributed by atoms with van der Waals surface area (Å²) in [6.07, 6.45) is 1.10. The maximum atomic E-state index is 9.61. The second-order valence-corrected chi connectivity index (χ2v) is 7.71. The Bertz CT molecular complexity index is 997. The van der Waals surface area contributed by atoms with Crippen molar-refractivity contribution in [1.82, 2.24) is 14.6 Å². The van der Waals surface area contributed by atoms with E-state index in [0.29, 0.717) is 29.8 Å². The van der Waals surface area contributed by atoms with Gasteiger partial charge < -0.3 is 4.74 Å². The van der Waals surface area contributed by atoms with Gasteiger partial charge in [0.2, 0.25) is 0 Å². The van der Waals surface area contributed by atoms with Crippen LogP contribution in [0.2, 0.25) is 0 Å². The van der Waals surface area contributed by atoms with E-state index in [1.165, 1.54) is 0 Å². The minimum absolute atomic E-state index is 0.450. The maximum absolute atomic E-state index is 9.61. The second kappa shape index (κ2) is 7.79. The van der Waals surface area contributed by atoms with Crippen molar-refractivity contribution in [3.63, 3.8) is 0 Å². The quantitative estimate of drug-likeness (QED) is 0.623. The van der Waals surface area contributed by atoms with Gasteiger partial charge in [-0.25, -0.2) is 9.50 Å². The van der Waals surface area contributed by atoms with Crippen LogP contribution >= 0.6 is 0 Å². The van der Waals surface area contributed by atoms with Crippen molar-refractivity contribution >= 4 is 5.65 Å². The predicted octanol–water partition coefficient (Wildman–Crippen LogP) is 4.95. The number of nitriles is 1. The highest BCUT2D eigenvalue weighted by Crippen LogP contribution is 2.28. The highest BCUT2D eigenvalue weighted by molar-refractivity contribution is 5.67. The molecule has 0 radical (unpaired) electrons. The zero-order valence-corrected chi connectivity index (χ0v) is 16.7. The van der Waals surface area contributed by atoms with E-state index in [-0.39, 0.29) is 0 Å². The maximum Gasteiger partial charge on any atom is 0.156 e. The number of hydrogen-bond donors (Lipinski definition) is 0. The molecule has 0 aliphatic rings. The lowest BCUT2D eigenvalue weighted by Crippen LogP contribution is -2.11. The molecule has 0 amide bonds. The Hall–Kier alpha value is -2.87. The number of hydrogen-bond acceptors (Lipinski definition) is 4. The van der Waals surface area contributed by atoms with E-state index in [2.05, 4.69) is 36.9 Å². The molecule has 0 N–H and O–H groups in total. The number of benzene rings is 1. The van der Waals surface area contributed by atoms with Gasteiger partial charge in [0.05, 0.1) is 23.6 Å². The Labute approximate surface area is 160 Å². The molecule has 1 unspecified atom stereocenters. The van der Waals surface area contributed by atoms with Gasteiger partial charge in [-0.3, -0.25) is 0 Å². The number of fused-ring (bicyclic) bond motifs is 1. The average Bonchev–Trinajstić information content (AvgIpc) is 2.98. The smallest absolute Gasteiger partial charge is 0.156 e. The summed E-state index contributed by atoms with van der Waals surface area (Å²) in [4.78, 5) is 4.53. The Kier molecular flexibility index (Phi) is 5.46. The molecular weight excluding hydrogens is 336 g/mol. The predicted molar refractivity (Wildman–Crippen MR) is 107 cm³/mol. The van der Waals surface area contributed by atoms with Gasteiger partial charge in [0.25, 0.3) is 0 Å². The molecule has 0 aliphatic carbocycles. The molecule has 0 spiro atoms. The van der Waals surface area contributed by atoms with E-state index in [0.717, 1.165) is 34.7 Å². The summed E-state index contributed by atoms with van der Waals surface area (Å²) >= 11 is 0. The van der Waals surface area contributed by atoms with Crippen molar-refractivity contribution in [1.29, 1.82) is 5.26 Å². The van der Waals surface area contributed by atoms with Crippen molar-refractivity contribution in [2.75, 3.05) is 6.61 Å². The molecule has 1 atom stereocenters. The summed E-state index contributed by atoms with van der Waals surface area (Å²) < 4.78 is 7.76. The molecular formula is C22H26N4O. The second-order valence-electron chi connectivity index (χ2n) is 7.71. The lowest BCUT2D eigenvalue weighted by molar-refractivity contribution is 0.238. The highest BCUT2D eigenvalue weighted by atomic mass is 16.5. The van der Waals surface area contributed by atoms with Crippen LogP contribution in [0.15, 0.2) is 30.3 Å². The van der Waals surface area contributed by atoms with E-state index in [9.17, 15) is 5.26 Å². The molecule has 2 heterocycles. The van der Waals surface area contributed by atoms with Gasteiger partial charge in [-0.05, 0) is 56.4 Å². The molecule has 0 saturated heterocycles. The number of aryl methyl sites for hydroxylation is 2. The minimum Gasteiger partial charge on any atom is -0.492 e. The first-order valence-electron chi connectivity index (χ1n) is 9.38. The molecule has 3 aromatic rings. The zero-order valence-electron chi connectivity index (χ0n) is 16.7. The topological polar surface area (TPSA) is 63.2 Å². The van der Waals surface area contributed by atoms with Gasteiger partial charge >= 0.3 is 0 Å². The first-order valence-corrected chi connectivity index (χ1v) is 9.38. The van der Waals surface area contributed by atoms with Crippen LogP contribution in [-0.4, -0.2) is 21.2 Å². The highest BCUT2D eigenvalue weighted by Gasteiger charge is 2.13. The third kappa shape index (κ3) is 4.28. The zero-order chi connectivity index (χ0) is 19.6. The number of rotatable bonds is 6. The van der Waals surface area contributed by atoms with Gasteiger partial charge in [-0.15, -0.1) is 0 Å². The first kappa shape index (κ1) is 18.9. The van der Waals surface area contributed by atoms with Crippen molar-refractivity contribution in [2.24, 2.45) is 11.8 Å². The molecule has 140 valence electrons. The van der Waals surface area contributed by atoms with Crippen molar-refractivity contribution in [2.45, 2.75) is 41.0 Å². The normalized spacial score (nSPS) is 12.3. The van der Waals surface area contributed by atoms with Crippen LogP contribution in [0.25, 0.3) is 16.9 Å². The van der Waals surface area contributed by atoms with E-state index in [4.69, 9.17) is 4.74 Å². The van der Waals surface area contributed by atoms with E-state index in [1.54, 1.807) is 0 Å². The summed E-state index contributed by atoms with van der Waals surface area (Å²) in [6, 6.07) is 11.9. The third-order valence-electron chi connectivity index (χ3n) is 4.47. The molecule has 3 rings (SSSR count). The standard InChI is InChI=1S/C22H26N4O/c1-14(2)8-15(3)13-27-21-7-6-18(11-19(21)12-23)20-9-16(4)24-22-10-17(5)25-26(20)22/h6-7,9-11,14-15H,8,13H2,1-5H3. The Balaban J connectivity index is 1.92. The third-order valence-corrected chi connectivity index (χ3v) is 4.47. The number of aromatic nitrogens is 3. The summed E-state index contributed by atoms with van der Waals surface area (Å²) in [5.41, 5.74) is 5.02. The lowest BCUT2D eigenvalue weighted by Gasteiger charge is -2.16. The van der Waals surface area contributed by atoms with Gasteiger partial charge in [0.15, 0.2) is 5.65 Å². The fraction of sp³-hybridized carbons (Fsp3) is 0.409. The van der Waals surface area contributed by atoms with Crippen molar-refractivity contribution in [3.05, 3.63) is 47.3 Å². The Morgan fingerprint density at radius 1 is 1.11 bits per heavy atom. The minimum atomic E-state index is 0.450. The van der Waals surface area contributed by atoms with Crippen molar-refractivity contribution in [3.8, 4) is 23.1 Å². The van der Waals surface area contributed by atoms with E-state index >= 15 is 0 Å². The average molecular weight is 362 g/mol. The van der Waals surface area contributed by atoms with E-state index < -0.39 is 0 Å². The largest absolute Gasteiger partial charge is 0.492 e. The monoisotopic (exact) mass is 362 g/mol. The number of nitrogens with zero attached hydrogens (tertiary/aromatic N) is 4. The van der Waals surface area contributed by atoms with Gasteiger partial charge in [-0.2, -0.15) is 10.4 Å². The Morgan fingerprint density at radius 3 is 2.59 bits per heavy atom. The van der Waals surface area contributed by atoms with Crippen LogP contribution in [0.3, 0.4) is 0 Å². The molecule has 0 fully saturated rings. The molecule has 27 heavy (non-hydrogen) atoms. The molecule has 5 heteroatoms. The van der Waals surface area contributed by atoms with E-state index in [1.807, 2.05) is 48.7 Å². The number of ether oxygens (including phenoxy) is 1. The summed E-state index contributed by atoms with van der Waals surface area (Å²) in [5, 5.41) is 14.1. The van der Waals surface area contributed by atoms with Gasteiger partial charge in [0.1, 0.15) is 11.8 Å². The van der Waals surface area contributed by atoms with Gasteiger partial charge in [-0.1, -0.05) is 20.8 Å². The molecule has 0 bridgehead atoms.